The number of carbonyl (C=O) groups excluding carboxylic acids is 2. The summed E-state index contributed by atoms with van der Waals surface area (Å²) in [5.41, 5.74) is 0.299. The highest BCUT2D eigenvalue weighted by Gasteiger charge is 2.17. The Bertz CT molecular complexity index is 223. The third kappa shape index (κ3) is 3.60. The molecule has 0 aromatic rings. The van der Waals surface area contributed by atoms with Crippen molar-refractivity contribution < 1.29 is 14.3 Å². The van der Waals surface area contributed by atoms with Gasteiger partial charge in [-0.3, -0.25) is 9.59 Å². The molecule has 14 heavy (non-hydrogen) atoms. The van der Waals surface area contributed by atoms with Gasteiger partial charge in [0, 0.05) is 18.2 Å². The molecule has 0 bridgehead atoms. The lowest BCUT2D eigenvalue weighted by Gasteiger charge is -2.25. The van der Waals surface area contributed by atoms with Crippen molar-refractivity contribution in [2.45, 2.75) is 26.8 Å². The predicted molar refractivity (Wildman–Crippen MR) is 53.7 cm³/mol. The zero-order chi connectivity index (χ0) is 11.1. The molecule has 0 aromatic carbocycles. The van der Waals surface area contributed by atoms with Crippen LogP contribution in [0.4, 0.5) is 0 Å². The van der Waals surface area contributed by atoms with Crippen molar-refractivity contribution in [2.75, 3.05) is 13.2 Å². The molecule has 0 fully saturated rings. The van der Waals surface area contributed by atoms with E-state index in [2.05, 4.69) is 11.3 Å². The van der Waals surface area contributed by atoms with Gasteiger partial charge in [-0.25, -0.2) is 0 Å². The molecule has 0 aliphatic carbocycles. The Hall–Kier alpha value is -1.32. The monoisotopic (exact) mass is 199 g/mol. The minimum absolute atomic E-state index is 0.0362. The minimum Gasteiger partial charge on any atom is -0.463 e. The Morgan fingerprint density at radius 2 is 2.14 bits per heavy atom. The fourth-order valence-corrected chi connectivity index (χ4v) is 1.14. The third-order valence-corrected chi connectivity index (χ3v) is 1.85. The van der Waals surface area contributed by atoms with E-state index in [0.717, 1.165) is 0 Å². The lowest BCUT2D eigenvalue weighted by Crippen LogP contribution is -2.38. The average molecular weight is 199 g/mol. The van der Waals surface area contributed by atoms with Crippen LogP contribution in [0.15, 0.2) is 12.2 Å². The number of nitrogens with zero attached hydrogens (tertiary/aromatic N) is 1. The van der Waals surface area contributed by atoms with Crippen molar-refractivity contribution in [2.24, 2.45) is 0 Å². The first-order valence-electron chi connectivity index (χ1n) is 4.58. The molecule has 4 nitrogen and oxygen atoms in total. The molecule has 0 N–H and O–H groups in total. The van der Waals surface area contributed by atoms with Gasteiger partial charge < -0.3 is 9.64 Å². The summed E-state index contributed by atoms with van der Waals surface area (Å²) >= 11 is 0. The number of hydrogen-bond donors (Lipinski definition) is 0. The zero-order valence-corrected chi connectivity index (χ0v) is 8.95. The van der Waals surface area contributed by atoms with Gasteiger partial charge in [0.2, 0.25) is 0 Å². The van der Waals surface area contributed by atoms with Crippen molar-refractivity contribution in [3.05, 3.63) is 12.2 Å². The standard InChI is InChI=1S/C10H17NO3/c1-5-11(8(2)3)10(13)9(4)6-14-7-12/h7-8H,4-6H2,1-3H3. The lowest BCUT2D eigenvalue weighted by molar-refractivity contribution is -0.131. The first kappa shape index (κ1) is 12.7. The van der Waals surface area contributed by atoms with Crippen LogP contribution in [0, 0.1) is 0 Å². The number of ether oxygens (including phenoxy) is 1. The van der Waals surface area contributed by atoms with Gasteiger partial charge in [0.15, 0.2) is 0 Å². The molecule has 0 aromatic heterocycles. The van der Waals surface area contributed by atoms with E-state index >= 15 is 0 Å². The Labute approximate surface area is 84.5 Å². The van der Waals surface area contributed by atoms with Crippen LogP contribution < -0.4 is 0 Å². The van der Waals surface area contributed by atoms with Crippen molar-refractivity contribution >= 4 is 12.4 Å². The molecule has 0 rings (SSSR count). The van der Waals surface area contributed by atoms with Gasteiger partial charge >= 0.3 is 0 Å². The number of carbonyl (C=O) groups is 2. The summed E-state index contributed by atoms with van der Waals surface area (Å²) in [5.74, 6) is -0.163. The Balaban J connectivity index is 4.27. The van der Waals surface area contributed by atoms with Gasteiger partial charge in [-0.05, 0) is 20.8 Å². The Morgan fingerprint density at radius 3 is 2.50 bits per heavy atom. The van der Waals surface area contributed by atoms with Gasteiger partial charge in [0.25, 0.3) is 12.4 Å². The van der Waals surface area contributed by atoms with Gasteiger partial charge in [-0.1, -0.05) is 6.58 Å². The highest BCUT2D eigenvalue weighted by molar-refractivity contribution is 5.93. The second-order valence-electron chi connectivity index (χ2n) is 3.20. The average Bonchev–Trinajstić information content (AvgIpc) is 2.14. The fourth-order valence-electron chi connectivity index (χ4n) is 1.14. The summed E-state index contributed by atoms with van der Waals surface area (Å²) in [5, 5.41) is 0. The lowest BCUT2D eigenvalue weighted by atomic mass is 10.2. The highest BCUT2D eigenvalue weighted by Crippen LogP contribution is 2.04. The van der Waals surface area contributed by atoms with Crippen molar-refractivity contribution in [3.63, 3.8) is 0 Å². The van der Waals surface area contributed by atoms with E-state index in [1.54, 1.807) is 4.90 Å². The molecule has 0 aliphatic heterocycles. The van der Waals surface area contributed by atoms with Crippen LogP contribution in [-0.4, -0.2) is 36.5 Å². The number of amides is 1. The van der Waals surface area contributed by atoms with Crippen LogP contribution in [0.1, 0.15) is 20.8 Å². The Morgan fingerprint density at radius 1 is 1.57 bits per heavy atom. The van der Waals surface area contributed by atoms with Gasteiger partial charge in [-0.2, -0.15) is 0 Å². The SMILES string of the molecule is C=C(COC=O)C(=O)N(CC)C(C)C. The molecule has 0 radical (unpaired) electrons. The maximum absolute atomic E-state index is 11.7. The molecule has 1 amide bonds. The van der Waals surface area contributed by atoms with Crippen molar-refractivity contribution in [1.29, 1.82) is 0 Å². The summed E-state index contributed by atoms with van der Waals surface area (Å²) in [6.45, 7) is 10.2. The quantitative estimate of drug-likeness (QED) is 0.473. The molecular formula is C10H17NO3. The van der Waals surface area contributed by atoms with Crippen LogP contribution in [-0.2, 0) is 14.3 Å². The van der Waals surface area contributed by atoms with Gasteiger partial charge in [0.05, 0.1) is 0 Å². The maximum atomic E-state index is 11.7. The highest BCUT2D eigenvalue weighted by atomic mass is 16.5. The molecule has 4 heteroatoms. The molecule has 0 spiro atoms. The first-order chi connectivity index (χ1) is 6.54. The van der Waals surface area contributed by atoms with Crippen molar-refractivity contribution in [3.8, 4) is 0 Å². The molecule has 0 saturated carbocycles. The molecule has 0 unspecified atom stereocenters. The number of hydrogen-bond acceptors (Lipinski definition) is 3. The van der Waals surface area contributed by atoms with E-state index in [4.69, 9.17) is 0 Å². The van der Waals surface area contributed by atoms with Crippen molar-refractivity contribution in [1.82, 2.24) is 4.90 Å². The van der Waals surface area contributed by atoms with E-state index in [0.29, 0.717) is 18.6 Å². The minimum atomic E-state index is -0.163. The smallest absolute Gasteiger partial charge is 0.293 e. The second kappa shape index (κ2) is 6.18. The molecule has 0 heterocycles. The zero-order valence-electron chi connectivity index (χ0n) is 8.95. The molecule has 0 saturated heterocycles. The summed E-state index contributed by atoms with van der Waals surface area (Å²) in [6.07, 6.45) is 0. The van der Waals surface area contributed by atoms with Gasteiger partial charge in [-0.15, -0.1) is 0 Å². The molecule has 0 atom stereocenters. The van der Waals surface area contributed by atoms with Crippen LogP contribution in [0.5, 0.6) is 0 Å². The molecule has 80 valence electrons. The molecule has 0 aliphatic rings. The normalized spacial score (nSPS) is 9.71. The number of likely N-dealkylation sites (N-methyl/N-ethyl adjacent to an activating group) is 1. The predicted octanol–water partition coefficient (Wildman–Crippen LogP) is 0.972. The van der Waals surface area contributed by atoms with Crippen LogP contribution in [0.2, 0.25) is 0 Å². The van der Waals surface area contributed by atoms with E-state index in [-0.39, 0.29) is 18.6 Å². The topological polar surface area (TPSA) is 46.6 Å². The Kier molecular flexibility index (Phi) is 5.60. The van der Waals surface area contributed by atoms with Gasteiger partial charge in [0.1, 0.15) is 6.61 Å². The van der Waals surface area contributed by atoms with Crippen LogP contribution in [0.25, 0.3) is 0 Å². The first-order valence-corrected chi connectivity index (χ1v) is 4.58. The van der Waals surface area contributed by atoms with E-state index in [1.807, 2.05) is 20.8 Å². The van der Waals surface area contributed by atoms with E-state index in [1.165, 1.54) is 0 Å². The maximum Gasteiger partial charge on any atom is 0.293 e. The number of rotatable bonds is 6. The van der Waals surface area contributed by atoms with E-state index < -0.39 is 0 Å². The summed E-state index contributed by atoms with van der Waals surface area (Å²) in [6, 6.07) is 0.125. The second-order valence-corrected chi connectivity index (χ2v) is 3.20. The van der Waals surface area contributed by atoms with Crippen LogP contribution >= 0.6 is 0 Å². The summed E-state index contributed by atoms with van der Waals surface area (Å²) in [4.78, 5) is 23.2. The van der Waals surface area contributed by atoms with E-state index in [9.17, 15) is 9.59 Å². The summed E-state index contributed by atoms with van der Waals surface area (Å²) < 4.78 is 4.46. The van der Waals surface area contributed by atoms with Crippen LogP contribution in [0.3, 0.4) is 0 Å². The molecular weight excluding hydrogens is 182 g/mol. The fraction of sp³-hybridized carbons (Fsp3) is 0.600. The largest absolute Gasteiger partial charge is 0.463 e. The third-order valence-electron chi connectivity index (χ3n) is 1.85. The summed E-state index contributed by atoms with van der Waals surface area (Å²) in [7, 11) is 0.